The highest BCUT2D eigenvalue weighted by Crippen LogP contribution is 2.45. The van der Waals surface area contributed by atoms with Crippen LogP contribution >= 0.6 is 0 Å². The average Bonchev–Trinajstić information content (AvgIpc) is 2.31. The Bertz CT molecular complexity index is 262. The molecule has 0 atom stereocenters. The molecule has 0 bridgehead atoms. The number of halogens is 3. The minimum Gasteiger partial charge on any atom is -0.166 e. The normalized spacial score (nSPS) is 20.4. The molecule has 1 rings (SSSR count). The number of hydrogen-bond acceptors (Lipinski definition) is 4. The topological polar surface area (TPSA) is 49.4 Å². The lowest BCUT2D eigenvalue weighted by Crippen LogP contribution is -2.43. The van der Waals surface area contributed by atoms with Crippen LogP contribution in [0, 0.1) is 5.41 Å². The van der Waals surface area contributed by atoms with Gasteiger partial charge in [0.05, 0.1) is 0 Å². The molecule has 0 aromatic carbocycles. The van der Waals surface area contributed by atoms with Gasteiger partial charge in [-0.1, -0.05) is 20.8 Å². The van der Waals surface area contributed by atoms with E-state index >= 15 is 0 Å². The van der Waals surface area contributed by atoms with Gasteiger partial charge in [-0.15, -0.1) is 10.2 Å². The summed E-state index contributed by atoms with van der Waals surface area (Å²) in [6, 6.07) is 0. The first-order chi connectivity index (χ1) is 6.16. The third-order valence-electron chi connectivity index (χ3n) is 1.69. The molecule has 0 aromatic rings. The van der Waals surface area contributed by atoms with Crippen molar-refractivity contribution < 1.29 is 13.2 Å². The van der Waals surface area contributed by atoms with Gasteiger partial charge < -0.3 is 0 Å². The number of nitrogens with zero attached hydrogens (tertiary/aromatic N) is 4. The maximum absolute atomic E-state index is 12.6. The molecule has 0 unspecified atom stereocenters. The third kappa shape index (κ3) is 2.08. The SMILES string of the molecule is CC(C)(C)CC1(C(F)(F)F)N=NN=N1. The standard InChI is InChI=1S/C7H11F3N4/c1-5(2,3)4-6(7(8,9)10)11-13-14-12-6/h4H2,1-3H3. The highest BCUT2D eigenvalue weighted by atomic mass is 19.4. The van der Waals surface area contributed by atoms with Gasteiger partial charge in [0.1, 0.15) is 0 Å². The van der Waals surface area contributed by atoms with Crippen LogP contribution in [0.3, 0.4) is 0 Å². The van der Waals surface area contributed by atoms with Gasteiger partial charge in [0.15, 0.2) is 0 Å². The smallest absolute Gasteiger partial charge is 0.166 e. The Morgan fingerprint density at radius 2 is 1.43 bits per heavy atom. The van der Waals surface area contributed by atoms with Gasteiger partial charge in [-0.25, -0.2) is 0 Å². The molecule has 0 amide bonds. The first kappa shape index (κ1) is 11.1. The van der Waals surface area contributed by atoms with Gasteiger partial charge in [-0.2, -0.15) is 13.2 Å². The maximum atomic E-state index is 12.6. The molecule has 1 heterocycles. The van der Waals surface area contributed by atoms with Gasteiger partial charge in [-0.05, 0) is 15.9 Å². The molecule has 1 aliphatic heterocycles. The minimum atomic E-state index is -4.54. The van der Waals surface area contributed by atoms with E-state index in [1.54, 1.807) is 20.8 Å². The lowest BCUT2D eigenvalue weighted by molar-refractivity contribution is -0.190. The van der Waals surface area contributed by atoms with Crippen LogP contribution in [0.2, 0.25) is 0 Å². The van der Waals surface area contributed by atoms with E-state index in [1.807, 2.05) is 0 Å². The molecule has 14 heavy (non-hydrogen) atoms. The van der Waals surface area contributed by atoms with Crippen LogP contribution < -0.4 is 0 Å². The van der Waals surface area contributed by atoms with E-state index in [4.69, 9.17) is 0 Å². The molecule has 7 heteroatoms. The Morgan fingerprint density at radius 1 is 1.00 bits per heavy atom. The van der Waals surface area contributed by atoms with Crippen molar-refractivity contribution in [2.75, 3.05) is 0 Å². The lowest BCUT2D eigenvalue weighted by Gasteiger charge is -2.29. The van der Waals surface area contributed by atoms with E-state index in [1.165, 1.54) is 0 Å². The zero-order valence-electron chi connectivity index (χ0n) is 8.13. The summed E-state index contributed by atoms with van der Waals surface area (Å²) >= 11 is 0. The van der Waals surface area contributed by atoms with Crippen LogP contribution in [0.25, 0.3) is 0 Å². The van der Waals surface area contributed by atoms with Crippen LogP contribution in [0.4, 0.5) is 13.2 Å². The van der Waals surface area contributed by atoms with Gasteiger partial charge in [-0.3, -0.25) is 0 Å². The van der Waals surface area contributed by atoms with Crippen molar-refractivity contribution in [1.29, 1.82) is 0 Å². The molecule has 0 fully saturated rings. The van der Waals surface area contributed by atoms with E-state index in [0.29, 0.717) is 0 Å². The molecule has 0 saturated heterocycles. The number of rotatable bonds is 1. The van der Waals surface area contributed by atoms with E-state index < -0.39 is 17.3 Å². The van der Waals surface area contributed by atoms with Crippen LogP contribution in [-0.4, -0.2) is 11.8 Å². The van der Waals surface area contributed by atoms with Gasteiger partial charge in [0.25, 0.3) is 5.66 Å². The molecule has 4 nitrogen and oxygen atoms in total. The van der Waals surface area contributed by atoms with E-state index in [-0.39, 0.29) is 6.42 Å². The second-order valence-electron chi connectivity index (χ2n) is 4.43. The van der Waals surface area contributed by atoms with Crippen molar-refractivity contribution in [2.45, 2.75) is 39.0 Å². The summed E-state index contributed by atoms with van der Waals surface area (Å²) in [5, 5.41) is 12.1. The van der Waals surface area contributed by atoms with Crippen LogP contribution in [-0.2, 0) is 0 Å². The fourth-order valence-corrected chi connectivity index (χ4v) is 1.23. The Kier molecular flexibility index (Phi) is 2.37. The summed E-state index contributed by atoms with van der Waals surface area (Å²) < 4.78 is 37.9. The Labute approximate surface area is 79.3 Å². The molecule has 0 aromatic heterocycles. The first-order valence-electron chi connectivity index (χ1n) is 4.07. The summed E-state index contributed by atoms with van der Waals surface area (Å²) in [5.41, 5.74) is -3.01. The summed E-state index contributed by atoms with van der Waals surface area (Å²) in [4.78, 5) is 0. The lowest BCUT2D eigenvalue weighted by atomic mass is 9.85. The highest BCUT2D eigenvalue weighted by molar-refractivity contribution is 4.95. The van der Waals surface area contributed by atoms with Crippen LogP contribution in [0.1, 0.15) is 27.2 Å². The molecule has 0 saturated carbocycles. The molecule has 0 radical (unpaired) electrons. The average molecular weight is 208 g/mol. The summed E-state index contributed by atoms with van der Waals surface area (Å²) in [6.45, 7) is 5.05. The predicted octanol–water partition coefficient (Wildman–Crippen LogP) is 3.51. The van der Waals surface area contributed by atoms with E-state index in [0.717, 1.165) is 0 Å². The maximum Gasteiger partial charge on any atom is 0.437 e. The minimum absolute atomic E-state index is 0.253. The molecule has 0 aliphatic carbocycles. The zero-order chi connectivity index (χ0) is 11.0. The van der Waals surface area contributed by atoms with Crippen molar-refractivity contribution in [3.63, 3.8) is 0 Å². The number of alkyl halides is 3. The van der Waals surface area contributed by atoms with Gasteiger partial charge in [0.2, 0.25) is 0 Å². The largest absolute Gasteiger partial charge is 0.437 e. The molecule has 0 N–H and O–H groups in total. The molecular formula is C7H11F3N4. The zero-order valence-corrected chi connectivity index (χ0v) is 8.13. The highest BCUT2D eigenvalue weighted by Gasteiger charge is 2.59. The quantitative estimate of drug-likeness (QED) is 0.633. The second-order valence-corrected chi connectivity index (χ2v) is 4.43. The Hall–Kier alpha value is -1.01. The molecule has 1 aliphatic rings. The fraction of sp³-hybridized carbons (Fsp3) is 1.00. The van der Waals surface area contributed by atoms with Gasteiger partial charge in [0, 0.05) is 6.42 Å². The first-order valence-corrected chi connectivity index (χ1v) is 4.07. The van der Waals surface area contributed by atoms with Gasteiger partial charge >= 0.3 is 6.18 Å². The second kappa shape index (κ2) is 2.99. The Balaban J connectivity index is 2.97. The van der Waals surface area contributed by atoms with Crippen molar-refractivity contribution >= 4 is 0 Å². The fourth-order valence-electron chi connectivity index (χ4n) is 1.23. The monoisotopic (exact) mass is 208 g/mol. The molecule has 0 spiro atoms. The van der Waals surface area contributed by atoms with Crippen molar-refractivity contribution in [3.8, 4) is 0 Å². The van der Waals surface area contributed by atoms with Crippen molar-refractivity contribution in [3.05, 3.63) is 0 Å². The van der Waals surface area contributed by atoms with E-state index in [2.05, 4.69) is 20.7 Å². The molecular weight excluding hydrogens is 197 g/mol. The van der Waals surface area contributed by atoms with Crippen molar-refractivity contribution in [1.82, 2.24) is 0 Å². The summed E-state index contributed by atoms with van der Waals surface area (Å²) in [5.74, 6) is 0. The predicted molar refractivity (Wildman–Crippen MR) is 42.6 cm³/mol. The molecule has 80 valence electrons. The van der Waals surface area contributed by atoms with Crippen molar-refractivity contribution in [2.24, 2.45) is 26.1 Å². The Morgan fingerprint density at radius 3 is 1.71 bits per heavy atom. The summed E-state index contributed by atoms with van der Waals surface area (Å²) in [6.07, 6.45) is -4.79. The van der Waals surface area contributed by atoms with Crippen LogP contribution in [0.5, 0.6) is 0 Å². The summed E-state index contributed by atoms with van der Waals surface area (Å²) in [7, 11) is 0. The van der Waals surface area contributed by atoms with Crippen LogP contribution in [0.15, 0.2) is 20.7 Å². The number of hydrogen-bond donors (Lipinski definition) is 0. The van der Waals surface area contributed by atoms with E-state index in [9.17, 15) is 13.2 Å². The third-order valence-corrected chi connectivity index (χ3v) is 1.69.